The quantitative estimate of drug-likeness (QED) is 0.614. The van der Waals surface area contributed by atoms with Crippen molar-refractivity contribution in [2.24, 2.45) is 11.7 Å². The van der Waals surface area contributed by atoms with E-state index in [1.54, 1.807) is 0 Å². The number of ketones is 1. The molecule has 0 aliphatic heterocycles. The summed E-state index contributed by atoms with van der Waals surface area (Å²) in [7, 11) is 3.80. The number of nitrogens with two attached hydrogens (primary N) is 1. The highest BCUT2D eigenvalue weighted by Crippen LogP contribution is 2.27. The van der Waals surface area contributed by atoms with Gasteiger partial charge < -0.3 is 20.4 Å². The van der Waals surface area contributed by atoms with Crippen LogP contribution in [-0.4, -0.2) is 48.3 Å². The number of carbonyl (C=O) groups is 2. The molecule has 1 amide bonds. The van der Waals surface area contributed by atoms with Gasteiger partial charge in [0.25, 0.3) is 0 Å². The number of hydrogen-bond acceptors (Lipinski definition) is 6. The van der Waals surface area contributed by atoms with Crippen LogP contribution in [0.1, 0.15) is 54.8 Å². The summed E-state index contributed by atoms with van der Waals surface area (Å²) in [5, 5.41) is 2.68. The molecule has 1 saturated carbocycles. The SMILES string of the molecule is CN(C)Cc1nc(-c2ccccc2)oc1C(=O)CNC(=O)C(N)CC1CCCCC1. The molecule has 1 fully saturated rings. The molecule has 1 aromatic heterocycles. The number of rotatable bonds is 9. The van der Waals surface area contributed by atoms with Gasteiger partial charge in [0.05, 0.1) is 12.6 Å². The van der Waals surface area contributed by atoms with Gasteiger partial charge in [-0.2, -0.15) is 0 Å². The van der Waals surface area contributed by atoms with Crippen molar-refractivity contribution >= 4 is 11.7 Å². The number of carbonyl (C=O) groups excluding carboxylic acids is 2. The van der Waals surface area contributed by atoms with E-state index < -0.39 is 6.04 Å². The highest BCUT2D eigenvalue weighted by atomic mass is 16.4. The summed E-state index contributed by atoms with van der Waals surface area (Å²) in [4.78, 5) is 31.6. The zero-order chi connectivity index (χ0) is 21.5. The average Bonchev–Trinajstić information content (AvgIpc) is 3.16. The summed E-state index contributed by atoms with van der Waals surface area (Å²) < 4.78 is 5.81. The molecule has 7 heteroatoms. The molecule has 0 spiro atoms. The van der Waals surface area contributed by atoms with Crippen molar-refractivity contribution in [2.75, 3.05) is 20.6 Å². The van der Waals surface area contributed by atoms with Gasteiger partial charge >= 0.3 is 0 Å². The van der Waals surface area contributed by atoms with Crippen LogP contribution in [0.5, 0.6) is 0 Å². The number of benzene rings is 1. The summed E-state index contributed by atoms with van der Waals surface area (Å²) in [5.41, 5.74) is 7.44. The normalized spacial score (nSPS) is 15.9. The van der Waals surface area contributed by atoms with Gasteiger partial charge in [-0.15, -0.1) is 0 Å². The van der Waals surface area contributed by atoms with Crippen LogP contribution in [0.3, 0.4) is 0 Å². The molecule has 0 bridgehead atoms. The summed E-state index contributed by atoms with van der Waals surface area (Å²) in [6.45, 7) is 0.313. The van der Waals surface area contributed by atoms with Crippen LogP contribution in [0.4, 0.5) is 0 Å². The van der Waals surface area contributed by atoms with E-state index in [1.165, 1.54) is 19.3 Å². The predicted octanol–water partition coefficient (Wildman–Crippen LogP) is 3.00. The number of nitrogens with one attached hydrogen (secondary N) is 1. The van der Waals surface area contributed by atoms with E-state index in [-0.39, 0.29) is 24.0 Å². The van der Waals surface area contributed by atoms with E-state index in [2.05, 4.69) is 10.3 Å². The van der Waals surface area contributed by atoms with Gasteiger partial charge in [0.15, 0.2) is 5.76 Å². The Morgan fingerprint density at radius 3 is 2.57 bits per heavy atom. The maximum atomic E-state index is 12.8. The summed E-state index contributed by atoms with van der Waals surface area (Å²) in [6.07, 6.45) is 6.63. The zero-order valence-corrected chi connectivity index (χ0v) is 17.9. The first-order valence-electron chi connectivity index (χ1n) is 10.7. The molecular formula is C23H32N4O3. The molecule has 1 aromatic carbocycles. The molecule has 0 radical (unpaired) electrons. The smallest absolute Gasteiger partial charge is 0.237 e. The molecule has 1 unspecified atom stereocenters. The third-order valence-electron chi connectivity index (χ3n) is 5.51. The van der Waals surface area contributed by atoms with Crippen molar-refractivity contribution < 1.29 is 14.0 Å². The first-order valence-corrected chi connectivity index (χ1v) is 10.7. The molecule has 3 N–H and O–H groups in total. The lowest BCUT2D eigenvalue weighted by atomic mass is 9.85. The predicted molar refractivity (Wildman–Crippen MR) is 116 cm³/mol. The standard InChI is InChI=1S/C23H32N4O3/c1-27(2)15-19-21(30-23(26-19)17-11-7-4-8-12-17)20(28)14-25-22(29)18(24)13-16-9-5-3-6-10-16/h4,7-8,11-12,16,18H,3,5-6,9-10,13-15,24H2,1-2H3,(H,25,29). The molecular weight excluding hydrogens is 380 g/mol. The van der Waals surface area contributed by atoms with Crippen molar-refractivity contribution in [3.8, 4) is 11.5 Å². The summed E-state index contributed by atoms with van der Waals surface area (Å²) in [6, 6.07) is 8.86. The first-order chi connectivity index (χ1) is 14.4. The molecule has 30 heavy (non-hydrogen) atoms. The molecule has 1 aliphatic rings. The van der Waals surface area contributed by atoms with E-state index in [4.69, 9.17) is 10.2 Å². The van der Waals surface area contributed by atoms with E-state index in [1.807, 2.05) is 49.3 Å². The number of oxazole rings is 1. The Balaban J connectivity index is 1.63. The minimum absolute atomic E-state index is 0.152. The third-order valence-corrected chi connectivity index (χ3v) is 5.51. The van der Waals surface area contributed by atoms with Crippen LogP contribution in [0.15, 0.2) is 34.7 Å². The second-order valence-electron chi connectivity index (χ2n) is 8.39. The van der Waals surface area contributed by atoms with Crippen molar-refractivity contribution in [2.45, 2.75) is 51.1 Å². The lowest BCUT2D eigenvalue weighted by Crippen LogP contribution is -2.43. The molecule has 162 valence electrons. The van der Waals surface area contributed by atoms with Crippen LogP contribution in [0.25, 0.3) is 11.5 Å². The molecule has 0 saturated heterocycles. The summed E-state index contributed by atoms with van der Waals surface area (Å²) in [5.74, 6) is 0.495. The van der Waals surface area contributed by atoms with Crippen LogP contribution in [0, 0.1) is 5.92 Å². The molecule has 7 nitrogen and oxygen atoms in total. The number of amides is 1. The Hall–Kier alpha value is -2.51. The molecule has 1 aliphatic carbocycles. The Labute approximate surface area is 178 Å². The van der Waals surface area contributed by atoms with Gasteiger partial charge in [0.2, 0.25) is 17.6 Å². The van der Waals surface area contributed by atoms with Gasteiger partial charge in [-0.25, -0.2) is 4.98 Å². The fourth-order valence-electron chi connectivity index (χ4n) is 3.95. The zero-order valence-electron chi connectivity index (χ0n) is 17.9. The van der Waals surface area contributed by atoms with E-state index in [0.29, 0.717) is 30.5 Å². The lowest BCUT2D eigenvalue weighted by Gasteiger charge is -2.24. The number of hydrogen-bond donors (Lipinski definition) is 2. The van der Waals surface area contributed by atoms with Crippen molar-refractivity contribution in [1.29, 1.82) is 0 Å². The number of nitrogens with zero attached hydrogens (tertiary/aromatic N) is 2. The van der Waals surface area contributed by atoms with Gasteiger partial charge in [-0.1, -0.05) is 50.3 Å². The second kappa shape index (κ2) is 10.5. The van der Waals surface area contributed by atoms with Crippen molar-refractivity contribution in [1.82, 2.24) is 15.2 Å². The van der Waals surface area contributed by atoms with Crippen molar-refractivity contribution in [3.63, 3.8) is 0 Å². The summed E-state index contributed by atoms with van der Waals surface area (Å²) >= 11 is 0. The maximum absolute atomic E-state index is 12.8. The largest absolute Gasteiger partial charge is 0.433 e. The van der Waals surface area contributed by atoms with Gasteiger partial charge in [0, 0.05) is 12.1 Å². The first kappa shape index (κ1) is 22.2. The minimum Gasteiger partial charge on any atom is -0.433 e. The number of aromatic nitrogens is 1. The second-order valence-corrected chi connectivity index (χ2v) is 8.39. The molecule has 1 atom stereocenters. The monoisotopic (exact) mass is 412 g/mol. The van der Waals surface area contributed by atoms with E-state index in [0.717, 1.165) is 18.4 Å². The maximum Gasteiger partial charge on any atom is 0.237 e. The third kappa shape index (κ3) is 6.00. The Morgan fingerprint density at radius 1 is 1.20 bits per heavy atom. The van der Waals surface area contributed by atoms with Crippen LogP contribution in [-0.2, 0) is 11.3 Å². The Bertz CT molecular complexity index is 841. The minimum atomic E-state index is -0.586. The molecule has 2 aromatic rings. The lowest BCUT2D eigenvalue weighted by molar-refractivity contribution is -0.122. The number of Topliss-reactive ketones (excluding diaryl/α,β-unsaturated/α-hetero) is 1. The highest BCUT2D eigenvalue weighted by Gasteiger charge is 2.24. The van der Waals surface area contributed by atoms with Gasteiger partial charge in [-0.05, 0) is 38.6 Å². The highest BCUT2D eigenvalue weighted by molar-refractivity contribution is 5.98. The fourth-order valence-corrected chi connectivity index (χ4v) is 3.95. The molecule has 3 rings (SSSR count). The molecule has 1 heterocycles. The van der Waals surface area contributed by atoms with E-state index in [9.17, 15) is 9.59 Å². The van der Waals surface area contributed by atoms with Gasteiger partial charge in [-0.3, -0.25) is 9.59 Å². The Morgan fingerprint density at radius 2 is 1.90 bits per heavy atom. The van der Waals surface area contributed by atoms with Crippen LogP contribution < -0.4 is 11.1 Å². The Kier molecular flexibility index (Phi) is 7.76. The fraction of sp³-hybridized carbons (Fsp3) is 0.522. The topological polar surface area (TPSA) is 101 Å². The van der Waals surface area contributed by atoms with Gasteiger partial charge in [0.1, 0.15) is 5.69 Å². The van der Waals surface area contributed by atoms with E-state index >= 15 is 0 Å². The van der Waals surface area contributed by atoms with Crippen LogP contribution in [0.2, 0.25) is 0 Å². The van der Waals surface area contributed by atoms with Crippen LogP contribution >= 0.6 is 0 Å². The van der Waals surface area contributed by atoms with Crippen molar-refractivity contribution in [3.05, 3.63) is 41.8 Å². The average molecular weight is 413 g/mol.